The van der Waals surface area contributed by atoms with Crippen molar-refractivity contribution in [2.45, 2.75) is 72.8 Å². The van der Waals surface area contributed by atoms with Gasteiger partial charge in [0.25, 0.3) is 0 Å². The third-order valence-corrected chi connectivity index (χ3v) is 4.53. The van der Waals surface area contributed by atoms with Gasteiger partial charge < -0.3 is 14.0 Å². The summed E-state index contributed by atoms with van der Waals surface area (Å²) in [7, 11) is 6.44. The maximum Gasteiger partial charge on any atom is 0.104 e. The largest absolute Gasteiger partial charge is 0.379 e. The Morgan fingerprint density at radius 2 is 1.48 bits per heavy atom. The topological polar surface area (TPSA) is 18.5 Å². The summed E-state index contributed by atoms with van der Waals surface area (Å²) in [6.45, 7) is 16.0. The Labute approximate surface area is 155 Å². The Kier molecular flexibility index (Phi) is 7.67. The van der Waals surface area contributed by atoms with Crippen molar-refractivity contribution < 1.29 is 14.0 Å². The van der Waals surface area contributed by atoms with E-state index in [2.05, 4.69) is 79.9 Å². The smallest absolute Gasteiger partial charge is 0.104 e. The van der Waals surface area contributed by atoms with Gasteiger partial charge >= 0.3 is 0 Å². The molecule has 25 heavy (non-hydrogen) atoms. The van der Waals surface area contributed by atoms with E-state index in [1.165, 1.54) is 11.1 Å². The average Bonchev–Trinajstić information content (AvgIpc) is 2.43. The van der Waals surface area contributed by atoms with Crippen molar-refractivity contribution in [1.82, 2.24) is 0 Å². The summed E-state index contributed by atoms with van der Waals surface area (Å²) in [6, 6.07) is 8.87. The number of quaternary nitrogens is 1. The first-order valence-corrected chi connectivity index (χ1v) is 9.41. The van der Waals surface area contributed by atoms with Crippen LogP contribution in [0.2, 0.25) is 0 Å². The Balaban J connectivity index is 2.67. The van der Waals surface area contributed by atoms with E-state index in [0.717, 1.165) is 24.0 Å². The molecule has 0 atom stereocenters. The van der Waals surface area contributed by atoms with Gasteiger partial charge in [0.15, 0.2) is 0 Å². The standard InChI is InChI=1S/C22H40NO2/c1-18(2)25-15-20-12-10-19(11-13-20)14-23(7,8)17-21(3,4)16-22(5,6)24-9/h10-13,18H,14-17H2,1-9H3/q+1. The van der Waals surface area contributed by atoms with Crippen LogP contribution >= 0.6 is 0 Å². The first-order chi connectivity index (χ1) is 11.3. The van der Waals surface area contributed by atoms with Crippen molar-refractivity contribution in [3.63, 3.8) is 0 Å². The van der Waals surface area contributed by atoms with E-state index in [4.69, 9.17) is 9.47 Å². The van der Waals surface area contributed by atoms with Crippen LogP contribution in [0.5, 0.6) is 0 Å². The van der Waals surface area contributed by atoms with Gasteiger partial charge in [-0.1, -0.05) is 38.1 Å². The zero-order valence-electron chi connectivity index (χ0n) is 18.0. The van der Waals surface area contributed by atoms with Gasteiger partial charge in [-0.3, -0.25) is 0 Å². The Morgan fingerprint density at radius 3 is 1.96 bits per heavy atom. The molecule has 0 aliphatic rings. The molecule has 3 nitrogen and oxygen atoms in total. The van der Waals surface area contributed by atoms with Crippen molar-refractivity contribution in [2.75, 3.05) is 27.7 Å². The highest BCUT2D eigenvalue weighted by atomic mass is 16.5. The fourth-order valence-electron chi connectivity index (χ4n) is 3.99. The number of hydrogen-bond donors (Lipinski definition) is 0. The molecule has 0 saturated carbocycles. The molecule has 0 spiro atoms. The van der Waals surface area contributed by atoms with Crippen LogP contribution in [0.4, 0.5) is 0 Å². The summed E-state index contributed by atoms with van der Waals surface area (Å²) in [5, 5.41) is 0. The van der Waals surface area contributed by atoms with Crippen LogP contribution in [0.25, 0.3) is 0 Å². The van der Waals surface area contributed by atoms with Crippen LogP contribution in [-0.2, 0) is 22.6 Å². The van der Waals surface area contributed by atoms with E-state index in [9.17, 15) is 0 Å². The van der Waals surface area contributed by atoms with Gasteiger partial charge in [0.05, 0.1) is 39.0 Å². The van der Waals surface area contributed by atoms with Crippen LogP contribution in [0.15, 0.2) is 24.3 Å². The van der Waals surface area contributed by atoms with E-state index < -0.39 is 0 Å². The molecule has 0 aliphatic heterocycles. The molecule has 0 unspecified atom stereocenters. The van der Waals surface area contributed by atoms with Gasteiger partial charge in [0.2, 0.25) is 0 Å². The number of benzene rings is 1. The molecule has 144 valence electrons. The van der Waals surface area contributed by atoms with Crippen molar-refractivity contribution in [3.05, 3.63) is 35.4 Å². The molecule has 1 rings (SSSR count). The van der Waals surface area contributed by atoms with E-state index in [0.29, 0.717) is 6.61 Å². The molecule has 1 aromatic rings. The lowest BCUT2D eigenvalue weighted by Crippen LogP contribution is -2.47. The third kappa shape index (κ3) is 8.84. The molecule has 0 aliphatic carbocycles. The minimum Gasteiger partial charge on any atom is -0.379 e. The summed E-state index contributed by atoms with van der Waals surface area (Å²) in [5.41, 5.74) is 2.75. The lowest BCUT2D eigenvalue weighted by molar-refractivity contribution is -0.909. The van der Waals surface area contributed by atoms with Crippen molar-refractivity contribution in [1.29, 1.82) is 0 Å². The molecular weight excluding hydrogens is 310 g/mol. The lowest BCUT2D eigenvalue weighted by Gasteiger charge is -2.40. The second-order valence-corrected chi connectivity index (χ2v) is 9.73. The quantitative estimate of drug-likeness (QED) is 0.551. The van der Waals surface area contributed by atoms with Gasteiger partial charge in [-0.25, -0.2) is 0 Å². The SMILES string of the molecule is COC(C)(C)CC(C)(C)C[N+](C)(C)Cc1ccc(COC(C)C)cc1. The summed E-state index contributed by atoms with van der Waals surface area (Å²) < 4.78 is 12.3. The molecule has 0 bridgehead atoms. The van der Waals surface area contributed by atoms with Crippen molar-refractivity contribution in [3.8, 4) is 0 Å². The Bertz CT molecular complexity index is 515. The molecule has 0 amide bonds. The molecule has 0 heterocycles. The highest BCUT2D eigenvalue weighted by molar-refractivity contribution is 5.21. The predicted octanol–water partition coefficient (Wildman–Crippen LogP) is 5.03. The average molecular weight is 351 g/mol. The maximum absolute atomic E-state index is 5.68. The summed E-state index contributed by atoms with van der Waals surface area (Å²) in [6.07, 6.45) is 1.32. The zero-order valence-corrected chi connectivity index (χ0v) is 18.0. The van der Waals surface area contributed by atoms with Crippen molar-refractivity contribution >= 4 is 0 Å². The van der Waals surface area contributed by atoms with Gasteiger partial charge in [0.1, 0.15) is 6.54 Å². The van der Waals surface area contributed by atoms with Crippen LogP contribution < -0.4 is 0 Å². The maximum atomic E-state index is 5.68. The second kappa shape index (κ2) is 8.66. The van der Waals surface area contributed by atoms with Gasteiger partial charge in [-0.05, 0) is 39.7 Å². The van der Waals surface area contributed by atoms with E-state index in [-0.39, 0.29) is 17.1 Å². The van der Waals surface area contributed by atoms with Gasteiger partial charge in [-0.15, -0.1) is 0 Å². The highest BCUT2D eigenvalue weighted by Crippen LogP contribution is 2.32. The number of nitrogens with zero attached hydrogens (tertiary/aromatic N) is 1. The summed E-state index contributed by atoms with van der Waals surface area (Å²) >= 11 is 0. The number of ether oxygens (including phenoxy) is 2. The molecule has 0 fully saturated rings. The molecule has 0 aromatic heterocycles. The number of methoxy groups -OCH3 is 1. The number of rotatable bonds is 10. The Morgan fingerprint density at radius 1 is 0.960 bits per heavy atom. The second-order valence-electron chi connectivity index (χ2n) is 9.73. The van der Waals surface area contributed by atoms with Gasteiger partial charge in [0, 0.05) is 18.1 Å². The predicted molar refractivity (Wildman–Crippen MR) is 107 cm³/mol. The van der Waals surface area contributed by atoms with E-state index in [1.807, 2.05) is 0 Å². The van der Waals surface area contributed by atoms with Crippen LogP contribution in [-0.4, -0.2) is 43.9 Å². The third-order valence-electron chi connectivity index (χ3n) is 4.53. The van der Waals surface area contributed by atoms with Crippen molar-refractivity contribution in [2.24, 2.45) is 5.41 Å². The number of hydrogen-bond acceptors (Lipinski definition) is 2. The fourth-order valence-corrected chi connectivity index (χ4v) is 3.99. The molecule has 0 N–H and O–H groups in total. The molecule has 1 aromatic carbocycles. The minimum atomic E-state index is -0.0818. The van der Waals surface area contributed by atoms with Crippen LogP contribution in [0.1, 0.15) is 59.1 Å². The summed E-state index contributed by atoms with van der Waals surface area (Å²) in [4.78, 5) is 0. The van der Waals surface area contributed by atoms with E-state index in [1.54, 1.807) is 7.11 Å². The summed E-state index contributed by atoms with van der Waals surface area (Å²) in [5.74, 6) is 0. The normalized spacial score (nSPS) is 13.5. The first kappa shape index (κ1) is 22.1. The minimum absolute atomic E-state index is 0.0818. The van der Waals surface area contributed by atoms with Crippen LogP contribution in [0.3, 0.4) is 0 Å². The fraction of sp³-hybridized carbons (Fsp3) is 0.727. The molecular formula is C22H40NO2+. The van der Waals surface area contributed by atoms with E-state index >= 15 is 0 Å². The molecule has 0 saturated heterocycles. The first-order valence-electron chi connectivity index (χ1n) is 9.41. The van der Waals surface area contributed by atoms with Gasteiger partial charge in [-0.2, -0.15) is 0 Å². The lowest BCUT2D eigenvalue weighted by atomic mass is 9.80. The Hall–Kier alpha value is -0.900. The zero-order chi connectivity index (χ0) is 19.3. The highest BCUT2D eigenvalue weighted by Gasteiger charge is 2.34. The molecule has 3 heteroatoms. The van der Waals surface area contributed by atoms with Crippen LogP contribution in [0, 0.1) is 5.41 Å². The molecule has 0 radical (unpaired) electrons. The monoisotopic (exact) mass is 350 g/mol.